The zero-order chi connectivity index (χ0) is 16.8. The smallest absolute Gasteiger partial charge is 0.246 e. The second kappa shape index (κ2) is 7.87. The molecule has 1 saturated heterocycles. The van der Waals surface area contributed by atoms with Crippen LogP contribution in [0.15, 0.2) is 18.2 Å². The Morgan fingerprint density at radius 2 is 1.52 bits per heavy atom. The van der Waals surface area contributed by atoms with E-state index in [9.17, 15) is 4.79 Å². The molecule has 0 unspecified atom stereocenters. The lowest BCUT2D eigenvalue weighted by Crippen LogP contribution is -2.46. The number of nitrogens with zero attached hydrogens (tertiary/aromatic N) is 2. The lowest BCUT2D eigenvalue weighted by atomic mass is 10.1. The van der Waals surface area contributed by atoms with Gasteiger partial charge in [-0.1, -0.05) is 0 Å². The molecule has 23 heavy (non-hydrogen) atoms. The molecule has 1 aromatic rings. The Morgan fingerprint density at radius 3 is 2.09 bits per heavy atom. The third kappa shape index (κ3) is 4.16. The number of piperazine rings is 1. The highest BCUT2D eigenvalue weighted by Gasteiger charge is 2.17. The average Bonchev–Trinajstić information content (AvgIpc) is 2.59. The number of methoxy groups -OCH3 is 3. The summed E-state index contributed by atoms with van der Waals surface area (Å²) in [6, 6.07) is 3.55. The highest BCUT2D eigenvalue weighted by molar-refractivity contribution is 5.92. The summed E-state index contributed by atoms with van der Waals surface area (Å²) in [7, 11) is 6.80. The minimum absolute atomic E-state index is 0.00920. The Kier molecular flexibility index (Phi) is 5.87. The van der Waals surface area contributed by atoms with E-state index in [0.29, 0.717) is 17.2 Å². The van der Waals surface area contributed by atoms with E-state index >= 15 is 0 Å². The van der Waals surface area contributed by atoms with Crippen LogP contribution in [0.2, 0.25) is 0 Å². The van der Waals surface area contributed by atoms with Crippen molar-refractivity contribution in [3.63, 3.8) is 0 Å². The maximum atomic E-state index is 12.3. The Morgan fingerprint density at radius 1 is 0.957 bits per heavy atom. The van der Waals surface area contributed by atoms with E-state index in [4.69, 9.17) is 14.2 Å². The zero-order valence-electron chi connectivity index (χ0n) is 14.2. The lowest BCUT2D eigenvalue weighted by molar-refractivity contribution is -0.127. The predicted octanol–water partition coefficient (Wildman–Crippen LogP) is 1.50. The van der Waals surface area contributed by atoms with Crippen molar-refractivity contribution in [3.05, 3.63) is 23.8 Å². The van der Waals surface area contributed by atoms with Crippen LogP contribution in [0.3, 0.4) is 0 Å². The normalized spacial score (nSPS) is 15.7. The van der Waals surface area contributed by atoms with Gasteiger partial charge in [0.05, 0.1) is 21.3 Å². The summed E-state index contributed by atoms with van der Waals surface area (Å²) in [5.41, 5.74) is 0.771. The standard InChI is InChI=1S/C17H24N2O4/c1-18-7-9-19(10-8-18)17(20)6-5-13-11-15(22-3)16(23-4)12-14(13)21-2/h5-6,11-12H,7-10H2,1-4H3. The third-order valence-electron chi connectivity index (χ3n) is 3.96. The van der Waals surface area contributed by atoms with Gasteiger partial charge in [0.1, 0.15) is 5.75 Å². The molecule has 0 saturated carbocycles. The van der Waals surface area contributed by atoms with E-state index in [1.807, 2.05) is 4.90 Å². The van der Waals surface area contributed by atoms with Crippen molar-refractivity contribution in [2.75, 3.05) is 54.6 Å². The molecule has 1 aliphatic rings. The van der Waals surface area contributed by atoms with Crippen molar-refractivity contribution < 1.29 is 19.0 Å². The molecule has 1 amide bonds. The first-order valence-electron chi connectivity index (χ1n) is 7.54. The number of rotatable bonds is 5. The Labute approximate surface area is 137 Å². The van der Waals surface area contributed by atoms with Gasteiger partial charge in [0.25, 0.3) is 0 Å². The summed E-state index contributed by atoms with van der Waals surface area (Å²) in [6.45, 7) is 3.31. The number of amides is 1. The third-order valence-corrected chi connectivity index (χ3v) is 3.96. The second-order valence-corrected chi connectivity index (χ2v) is 5.41. The van der Waals surface area contributed by atoms with Crippen molar-refractivity contribution in [3.8, 4) is 17.2 Å². The molecule has 0 aliphatic carbocycles. The highest BCUT2D eigenvalue weighted by atomic mass is 16.5. The molecule has 0 radical (unpaired) electrons. The summed E-state index contributed by atoms with van der Waals surface area (Å²) in [6.07, 6.45) is 3.33. The molecular weight excluding hydrogens is 296 g/mol. The van der Waals surface area contributed by atoms with Gasteiger partial charge in [-0.15, -0.1) is 0 Å². The first-order valence-corrected chi connectivity index (χ1v) is 7.54. The SMILES string of the molecule is COc1cc(OC)c(OC)cc1C=CC(=O)N1CCN(C)CC1. The van der Waals surface area contributed by atoms with Crippen LogP contribution in [-0.4, -0.2) is 70.3 Å². The van der Waals surface area contributed by atoms with Crippen molar-refractivity contribution in [2.24, 2.45) is 0 Å². The van der Waals surface area contributed by atoms with E-state index in [1.54, 1.807) is 45.6 Å². The molecule has 0 N–H and O–H groups in total. The van der Waals surface area contributed by atoms with Crippen molar-refractivity contribution in [1.82, 2.24) is 9.80 Å². The molecule has 1 fully saturated rings. The van der Waals surface area contributed by atoms with Crippen LogP contribution in [0.5, 0.6) is 17.2 Å². The summed E-state index contributed by atoms with van der Waals surface area (Å²) in [4.78, 5) is 16.3. The Hall–Kier alpha value is -2.21. The van der Waals surface area contributed by atoms with Crippen molar-refractivity contribution in [2.45, 2.75) is 0 Å². The topological polar surface area (TPSA) is 51.2 Å². The minimum atomic E-state index is 0.00920. The molecule has 6 nitrogen and oxygen atoms in total. The van der Waals surface area contributed by atoms with Gasteiger partial charge in [0.2, 0.25) is 5.91 Å². The number of carbonyl (C=O) groups excluding carboxylic acids is 1. The number of benzene rings is 1. The van der Waals surface area contributed by atoms with Crippen LogP contribution < -0.4 is 14.2 Å². The van der Waals surface area contributed by atoms with E-state index < -0.39 is 0 Å². The number of hydrogen-bond acceptors (Lipinski definition) is 5. The zero-order valence-corrected chi connectivity index (χ0v) is 14.2. The molecule has 0 bridgehead atoms. The van der Waals surface area contributed by atoms with Crippen LogP contribution >= 0.6 is 0 Å². The quantitative estimate of drug-likeness (QED) is 0.770. The van der Waals surface area contributed by atoms with Gasteiger partial charge in [-0.3, -0.25) is 4.79 Å². The minimum Gasteiger partial charge on any atom is -0.496 e. The van der Waals surface area contributed by atoms with E-state index in [-0.39, 0.29) is 5.91 Å². The average molecular weight is 320 g/mol. The van der Waals surface area contributed by atoms with E-state index in [2.05, 4.69) is 11.9 Å². The lowest BCUT2D eigenvalue weighted by Gasteiger charge is -2.31. The molecule has 1 heterocycles. The molecule has 0 spiro atoms. The maximum Gasteiger partial charge on any atom is 0.246 e. The van der Waals surface area contributed by atoms with Gasteiger partial charge < -0.3 is 24.0 Å². The Bertz CT molecular complexity index is 578. The molecule has 6 heteroatoms. The summed E-state index contributed by atoms with van der Waals surface area (Å²) < 4.78 is 15.9. The van der Waals surface area contributed by atoms with E-state index in [0.717, 1.165) is 31.7 Å². The predicted molar refractivity (Wildman–Crippen MR) is 89.2 cm³/mol. The number of likely N-dealkylation sites (N-methyl/N-ethyl adjacent to an activating group) is 1. The molecule has 0 atom stereocenters. The molecular formula is C17H24N2O4. The van der Waals surface area contributed by atoms with Gasteiger partial charge in [-0.2, -0.15) is 0 Å². The van der Waals surface area contributed by atoms with Gasteiger partial charge >= 0.3 is 0 Å². The van der Waals surface area contributed by atoms with Crippen LogP contribution in [0.25, 0.3) is 6.08 Å². The Balaban J connectivity index is 2.16. The summed E-state index contributed by atoms with van der Waals surface area (Å²) in [5.74, 6) is 1.83. The first-order chi connectivity index (χ1) is 11.1. The second-order valence-electron chi connectivity index (χ2n) is 5.41. The molecule has 0 aromatic heterocycles. The van der Waals surface area contributed by atoms with Crippen molar-refractivity contribution >= 4 is 12.0 Å². The highest BCUT2D eigenvalue weighted by Crippen LogP contribution is 2.35. The monoisotopic (exact) mass is 320 g/mol. The summed E-state index contributed by atoms with van der Waals surface area (Å²) in [5, 5.41) is 0. The fourth-order valence-corrected chi connectivity index (χ4v) is 2.48. The fraction of sp³-hybridized carbons (Fsp3) is 0.471. The van der Waals surface area contributed by atoms with Gasteiger partial charge in [-0.05, 0) is 19.2 Å². The summed E-state index contributed by atoms with van der Waals surface area (Å²) >= 11 is 0. The molecule has 1 aliphatic heterocycles. The van der Waals surface area contributed by atoms with Gasteiger partial charge in [0, 0.05) is 43.9 Å². The largest absolute Gasteiger partial charge is 0.496 e. The first kappa shape index (κ1) is 17.1. The van der Waals surface area contributed by atoms with Crippen molar-refractivity contribution in [1.29, 1.82) is 0 Å². The number of ether oxygens (including phenoxy) is 3. The van der Waals surface area contributed by atoms with Crippen LogP contribution in [0.1, 0.15) is 5.56 Å². The van der Waals surface area contributed by atoms with Gasteiger partial charge in [-0.25, -0.2) is 0 Å². The number of hydrogen-bond donors (Lipinski definition) is 0. The number of carbonyl (C=O) groups is 1. The fourth-order valence-electron chi connectivity index (χ4n) is 2.48. The maximum absolute atomic E-state index is 12.3. The van der Waals surface area contributed by atoms with Crippen LogP contribution in [-0.2, 0) is 4.79 Å². The van der Waals surface area contributed by atoms with Gasteiger partial charge in [0.15, 0.2) is 11.5 Å². The van der Waals surface area contributed by atoms with E-state index in [1.165, 1.54) is 0 Å². The molecule has 1 aromatic carbocycles. The van der Waals surface area contributed by atoms with Crippen LogP contribution in [0, 0.1) is 0 Å². The van der Waals surface area contributed by atoms with Crippen LogP contribution in [0.4, 0.5) is 0 Å². The molecule has 126 valence electrons. The molecule has 2 rings (SSSR count).